The fraction of sp³-hybridized carbons (Fsp3) is 0.630. The zero-order valence-corrected chi connectivity index (χ0v) is 20.3. The molecule has 0 spiro atoms. The molecule has 2 N–H and O–H groups in total. The molecule has 0 aromatic carbocycles. The summed E-state index contributed by atoms with van der Waals surface area (Å²) >= 11 is 0. The number of aliphatic hydroxyl groups excluding tert-OH is 2. The second-order valence-electron chi connectivity index (χ2n) is 11.7. The van der Waals surface area contributed by atoms with Crippen molar-refractivity contribution in [2.75, 3.05) is 13.2 Å². The number of allylic oxidation sites excluding steroid dienone is 4. The van der Waals surface area contributed by atoms with E-state index in [1.165, 1.54) is 18.2 Å². The summed E-state index contributed by atoms with van der Waals surface area (Å²) in [6, 6.07) is 1.79. The van der Waals surface area contributed by atoms with Crippen molar-refractivity contribution in [1.82, 2.24) is 5.06 Å². The Kier molecular flexibility index (Phi) is 5.14. The van der Waals surface area contributed by atoms with E-state index in [2.05, 4.69) is 0 Å². The van der Waals surface area contributed by atoms with Gasteiger partial charge in [-0.3, -0.25) is 14.4 Å². The van der Waals surface area contributed by atoms with Crippen molar-refractivity contribution in [2.24, 2.45) is 28.6 Å². The summed E-state index contributed by atoms with van der Waals surface area (Å²) in [5.41, 5.74) is -5.27. The largest absolute Gasteiger partial charge is 0.472 e. The van der Waals surface area contributed by atoms with Gasteiger partial charge in [0, 0.05) is 34.8 Å². The second kappa shape index (κ2) is 7.66. The van der Waals surface area contributed by atoms with Crippen LogP contribution in [0.4, 0.5) is 8.78 Å². The number of hydroxylamine groups is 2. The van der Waals surface area contributed by atoms with Gasteiger partial charge >= 0.3 is 0 Å². The highest BCUT2D eigenvalue weighted by molar-refractivity contribution is 6.01. The summed E-state index contributed by atoms with van der Waals surface area (Å²) in [5, 5.41) is 23.2. The van der Waals surface area contributed by atoms with E-state index in [-0.39, 0.29) is 24.3 Å². The first-order valence-electron chi connectivity index (χ1n) is 12.6. The van der Waals surface area contributed by atoms with E-state index in [1.807, 2.05) is 6.92 Å². The van der Waals surface area contributed by atoms with Gasteiger partial charge in [-0.25, -0.2) is 8.78 Å². The minimum atomic E-state index is -2.22. The molecule has 7 nitrogen and oxygen atoms in total. The Morgan fingerprint density at radius 1 is 1.28 bits per heavy atom. The van der Waals surface area contributed by atoms with Crippen LogP contribution in [0.1, 0.15) is 38.7 Å². The lowest BCUT2D eigenvalue weighted by Crippen LogP contribution is -2.70. The van der Waals surface area contributed by atoms with Crippen LogP contribution in [0.2, 0.25) is 0 Å². The molecule has 0 bridgehead atoms. The smallest absolute Gasteiger partial charge is 0.192 e. The molecule has 9 atom stereocenters. The molecule has 4 aliphatic carbocycles. The highest BCUT2D eigenvalue weighted by atomic mass is 19.1. The molecule has 3 saturated carbocycles. The van der Waals surface area contributed by atoms with Gasteiger partial charge in [-0.05, 0) is 55.9 Å². The van der Waals surface area contributed by atoms with Crippen LogP contribution in [0.15, 0.2) is 46.8 Å². The van der Waals surface area contributed by atoms with Crippen molar-refractivity contribution in [3.63, 3.8) is 0 Å². The van der Waals surface area contributed by atoms with Gasteiger partial charge in [0.1, 0.15) is 12.8 Å². The zero-order valence-electron chi connectivity index (χ0n) is 20.3. The van der Waals surface area contributed by atoms with E-state index in [9.17, 15) is 19.8 Å². The van der Waals surface area contributed by atoms with Crippen LogP contribution in [0.25, 0.3) is 0 Å². The molecule has 1 aromatic rings. The topological polar surface area (TPSA) is 100 Å². The molecule has 1 aliphatic heterocycles. The lowest BCUT2D eigenvalue weighted by atomic mass is 9.44. The summed E-state index contributed by atoms with van der Waals surface area (Å²) < 4.78 is 38.1. The number of hydrogen-bond acceptors (Lipinski definition) is 7. The number of ketones is 2. The molecule has 194 valence electrons. The van der Waals surface area contributed by atoms with Gasteiger partial charge in [0.15, 0.2) is 22.8 Å². The van der Waals surface area contributed by atoms with E-state index in [0.717, 1.165) is 5.56 Å². The van der Waals surface area contributed by atoms with Crippen molar-refractivity contribution in [1.29, 1.82) is 0 Å². The van der Waals surface area contributed by atoms with Crippen LogP contribution in [0.5, 0.6) is 0 Å². The molecule has 4 unspecified atom stereocenters. The van der Waals surface area contributed by atoms with Crippen LogP contribution in [-0.2, 0) is 21.0 Å². The van der Waals surface area contributed by atoms with Gasteiger partial charge in [0.25, 0.3) is 0 Å². The Bertz CT molecular complexity index is 1170. The maximum Gasteiger partial charge on any atom is 0.192 e. The molecule has 2 heterocycles. The third-order valence-electron chi connectivity index (χ3n) is 10.2. The Morgan fingerprint density at radius 2 is 2.06 bits per heavy atom. The molecular weight excluding hydrogens is 472 g/mol. The van der Waals surface area contributed by atoms with Crippen LogP contribution >= 0.6 is 0 Å². The van der Waals surface area contributed by atoms with Gasteiger partial charge in [-0.1, -0.05) is 13.0 Å². The lowest BCUT2D eigenvalue weighted by molar-refractivity contribution is -0.269. The van der Waals surface area contributed by atoms with Crippen molar-refractivity contribution in [3.05, 3.63) is 48.0 Å². The summed E-state index contributed by atoms with van der Waals surface area (Å²) in [7, 11) is 0. The monoisotopic (exact) mass is 503 g/mol. The summed E-state index contributed by atoms with van der Waals surface area (Å²) in [4.78, 5) is 31.8. The van der Waals surface area contributed by atoms with Gasteiger partial charge in [-0.15, -0.1) is 0 Å². The van der Waals surface area contributed by atoms with Crippen LogP contribution in [0.3, 0.4) is 0 Å². The van der Waals surface area contributed by atoms with E-state index in [1.54, 1.807) is 30.6 Å². The van der Waals surface area contributed by atoms with Gasteiger partial charge < -0.3 is 14.6 Å². The number of carbonyl (C=O) groups is 2. The SMILES string of the molecule is CC12C=CC(=O)C=C1[C@@H](F)CC1[C@@H]3C[C@H]4CN(Cc5ccoc5)O[C@@]4(C(=O)CO)C3(C)CC(O)[C@@]12F. The van der Waals surface area contributed by atoms with Crippen molar-refractivity contribution < 1.29 is 37.8 Å². The maximum absolute atomic E-state index is 17.3. The summed E-state index contributed by atoms with van der Waals surface area (Å²) in [6.45, 7) is 3.36. The number of nitrogens with zero attached hydrogens (tertiary/aromatic N) is 1. The number of rotatable bonds is 4. The minimum absolute atomic E-state index is 0.0679. The zero-order chi connectivity index (χ0) is 25.7. The quantitative estimate of drug-likeness (QED) is 0.652. The van der Waals surface area contributed by atoms with Crippen molar-refractivity contribution in [2.45, 2.75) is 63.2 Å². The number of furan rings is 1. The molecule has 0 amide bonds. The van der Waals surface area contributed by atoms with E-state index in [0.29, 0.717) is 19.5 Å². The van der Waals surface area contributed by atoms with Crippen molar-refractivity contribution >= 4 is 11.6 Å². The Labute approximate surface area is 207 Å². The highest BCUT2D eigenvalue weighted by Gasteiger charge is 2.79. The van der Waals surface area contributed by atoms with E-state index >= 15 is 8.78 Å². The first-order valence-corrected chi connectivity index (χ1v) is 12.6. The van der Waals surface area contributed by atoms with Crippen LogP contribution < -0.4 is 0 Å². The van der Waals surface area contributed by atoms with Gasteiger partial charge in [-0.2, -0.15) is 5.06 Å². The number of Topliss-reactive ketones (excluding diaryl/α,β-unsaturated/α-hetero) is 1. The highest BCUT2D eigenvalue weighted by Crippen LogP contribution is 2.72. The maximum atomic E-state index is 17.3. The molecule has 1 aromatic heterocycles. The number of hydrogen-bond donors (Lipinski definition) is 2. The predicted molar refractivity (Wildman–Crippen MR) is 123 cm³/mol. The van der Waals surface area contributed by atoms with Gasteiger partial charge in [0.2, 0.25) is 0 Å². The minimum Gasteiger partial charge on any atom is -0.472 e. The predicted octanol–water partition coefficient (Wildman–Crippen LogP) is 2.87. The second-order valence-corrected chi connectivity index (χ2v) is 11.7. The molecule has 4 fully saturated rings. The number of aliphatic hydroxyl groups is 2. The number of halogens is 2. The third kappa shape index (κ3) is 2.75. The third-order valence-corrected chi connectivity index (χ3v) is 10.2. The average molecular weight is 504 g/mol. The molecule has 36 heavy (non-hydrogen) atoms. The Balaban J connectivity index is 1.42. The molecule has 6 rings (SSSR count). The lowest BCUT2D eigenvalue weighted by Gasteiger charge is -2.63. The number of carbonyl (C=O) groups excluding carboxylic acids is 2. The first kappa shape index (κ1) is 24.2. The molecular formula is C27H31F2NO6. The van der Waals surface area contributed by atoms with E-state index in [4.69, 9.17) is 9.25 Å². The molecule has 5 aliphatic rings. The number of fused-ring (bicyclic) bond motifs is 7. The summed E-state index contributed by atoms with van der Waals surface area (Å²) in [6.07, 6.45) is 4.00. The van der Waals surface area contributed by atoms with Crippen molar-refractivity contribution in [3.8, 4) is 0 Å². The molecule has 9 heteroatoms. The molecule has 1 saturated heterocycles. The fourth-order valence-electron chi connectivity index (χ4n) is 8.62. The number of alkyl halides is 2. The van der Waals surface area contributed by atoms with E-state index < -0.39 is 64.4 Å². The first-order chi connectivity index (χ1) is 17.0. The molecule has 0 radical (unpaired) electrons. The standard InChI is InChI=1S/C27H31F2NO6/c1-24-5-3-17(32)8-20(24)21(28)9-19-18-7-16-12-30(11-15-4-6-35-14-15)36-27(16,23(34)13-31)25(18,2)10-22(33)26(19,24)29/h3-6,8,14,16,18-19,21-22,31,33H,7,9-13H2,1-2H3/t16-,18-,19?,21-,22?,24?,25?,26-,27-/m0/s1. The summed E-state index contributed by atoms with van der Waals surface area (Å²) in [5.74, 6) is -2.63. The normalized spacial score (nSPS) is 47.7. The Morgan fingerprint density at radius 3 is 2.75 bits per heavy atom. The van der Waals surface area contributed by atoms with Crippen LogP contribution in [-0.4, -0.2) is 63.5 Å². The fourth-order valence-corrected chi connectivity index (χ4v) is 8.62. The Hall–Kier alpha value is -2.20. The van der Waals surface area contributed by atoms with Crippen LogP contribution in [0, 0.1) is 28.6 Å². The van der Waals surface area contributed by atoms with Gasteiger partial charge in [0.05, 0.1) is 25.2 Å². The average Bonchev–Trinajstić information content (AvgIpc) is 3.53.